The summed E-state index contributed by atoms with van der Waals surface area (Å²) in [7, 11) is 0. The number of thioether (sulfide) groups is 1. The van der Waals surface area contributed by atoms with Crippen molar-refractivity contribution in [3.05, 3.63) is 69.1 Å². The molecule has 0 radical (unpaired) electrons. The van der Waals surface area contributed by atoms with Gasteiger partial charge in [-0.2, -0.15) is 4.98 Å². The smallest absolute Gasteiger partial charge is 0.338 e. The van der Waals surface area contributed by atoms with E-state index in [1.165, 1.54) is 6.07 Å². The van der Waals surface area contributed by atoms with Crippen LogP contribution in [0.5, 0.6) is 11.5 Å². The highest BCUT2D eigenvalue weighted by molar-refractivity contribution is 9.10. The van der Waals surface area contributed by atoms with E-state index in [-0.39, 0.29) is 19.0 Å². The summed E-state index contributed by atoms with van der Waals surface area (Å²) < 4.78 is 33.9. The molecular formula is C27H30BrFN4O4S. The van der Waals surface area contributed by atoms with Crippen molar-refractivity contribution in [2.24, 2.45) is 0 Å². The first-order valence-corrected chi connectivity index (χ1v) is 14.2. The van der Waals surface area contributed by atoms with Crippen LogP contribution in [0.25, 0.3) is 0 Å². The number of nitrogens with zero attached hydrogens (tertiary/aromatic N) is 3. The van der Waals surface area contributed by atoms with Crippen LogP contribution in [0.15, 0.2) is 57.3 Å². The number of benzene rings is 2. The molecule has 2 aromatic carbocycles. The lowest BCUT2D eigenvalue weighted by Crippen LogP contribution is -2.29. The molecule has 0 saturated carbocycles. The van der Waals surface area contributed by atoms with Crippen molar-refractivity contribution in [2.45, 2.75) is 51.9 Å². The van der Waals surface area contributed by atoms with Crippen molar-refractivity contribution >= 4 is 39.6 Å². The Morgan fingerprint density at radius 3 is 2.68 bits per heavy atom. The van der Waals surface area contributed by atoms with Gasteiger partial charge in [-0.25, -0.2) is 13.9 Å². The maximum atomic E-state index is 14.2. The van der Waals surface area contributed by atoms with E-state index in [1.54, 1.807) is 41.6 Å². The third-order valence-electron chi connectivity index (χ3n) is 5.74. The van der Waals surface area contributed by atoms with Gasteiger partial charge in [0.2, 0.25) is 11.1 Å². The molecule has 11 heteroatoms. The summed E-state index contributed by atoms with van der Waals surface area (Å²) >= 11 is 5.17. The zero-order chi connectivity index (χ0) is 27.2. The number of hydrogen-bond acceptors (Lipinski definition) is 8. The Hall–Kier alpha value is -3.05. The molecule has 0 spiro atoms. The summed E-state index contributed by atoms with van der Waals surface area (Å²) in [5.74, 6) is 1.51. The summed E-state index contributed by atoms with van der Waals surface area (Å²) in [4.78, 5) is 17.8. The summed E-state index contributed by atoms with van der Waals surface area (Å²) in [6, 6.07) is 9.51. The van der Waals surface area contributed by atoms with E-state index in [0.717, 1.165) is 17.7 Å². The lowest BCUT2D eigenvalue weighted by atomic mass is 9.95. The number of nitrogens with one attached hydrogen (secondary N) is 1. The van der Waals surface area contributed by atoms with Gasteiger partial charge in [-0.3, -0.25) is 0 Å². The largest absolute Gasteiger partial charge is 0.490 e. The van der Waals surface area contributed by atoms with E-state index in [2.05, 4.69) is 33.2 Å². The molecule has 202 valence electrons. The van der Waals surface area contributed by atoms with E-state index < -0.39 is 12.0 Å². The van der Waals surface area contributed by atoms with Crippen molar-refractivity contribution in [1.82, 2.24) is 14.8 Å². The van der Waals surface area contributed by atoms with E-state index >= 15 is 0 Å². The topological polar surface area (TPSA) is 87.5 Å². The van der Waals surface area contributed by atoms with Crippen LogP contribution < -0.4 is 14.8 Å². The standard InChI is InChI=1S/C27H30BrFN4O4S/c1-5-12-38-27-31-26-30-16(4)22(25(34)36-7-3)23(33(26)32-27)18-13-19(28)24(21(14-18)35-6-2)37-15-17-10-8-9-11-20(17)29/h8-11,13-14,23H,5-7,12,15H2,1-4H3,(H,30,31,32). The SMILES string of the molecule is CCCSc1nc2n(n1)C(c1cc(Br)c(OCc3ccccc3F)c(OCC)c1)C(C(=O)OCC)=C(C)N2. The fraction of sp³-hybridized carbons (Fsp3) is 0.370. The number of hydrogen-bond donors (Lipinski definition) is 1. The van der Waals surface area contributed by atoms with Crippen LogP contribution in [-0.2, 0) is 16.1 Å². The van der Waals surface area contributed by atoms with Gasteiger partial charge in [0, 0.05) is 17.0 Å². The number of carbonyl (C=O) groups excluding carboxylic acids is 1. The second-order valence-corrected chi connectivity index (χ2v) is 10.4. The number of anilines is 1. The summed E-state index contributed by atoms with van der Waals surface area (Å²) in [5.41, 5.74) is 2.21. The Kier molecular flexibility index (Phi) is 9.32. The molecule has 1 N–H and O–H groups in total. The van der Waals surface area contributed by atoms with Gasteiger partial charge in [0.05, 0.1) is 23.3 Å². The first kappa shape index (κ1) is 28.0. The predicted molar refractivity (Wildman–Crippen MR) is 148 cm³/mol. The maximum Gasteiger partial charge on any atom is 0.338 e. The Labute approximate surface area is 234 Å². The summed E-state index contributed by atoms with van der Waals surface area (Å²) in [5, 5.41) is 8.55. The second-order valence-electron chi connectivity index (χ2n) is 8.44. The summed E-state index contributed by atoms with van der Waals surface area (Å²) in [6.07, 6.45) is 0.982. The average Bonchev–Trinajstić information content (AvgIpc) is 3.29. The molecule has 8 nitrogen and oxygen atoms in total. The van der Waals surface area contributed by atoms with E-state index in [4.69, 9.17) is 19.3 Å². The fourth-order valence-electron chi connectivity index (χ4n) is 4.08. The monoisotopic (exact) mass is 604 g/mol. The number of halogens is 2. The lowest BCUT2D eigenvalue weighted by Gasteiger charge is -2.28. The van der Waals surface area contributed by atoms with E-state index in [0.29, 0.717) is 50.5 Å². The van der Waals surface area contributed by atoms with Crippen LogP contribution in [0.4, 0.5) is 10.3 Å². The molecule has 0 bridgehead atoms. The number of fused-ring (bicyclic) bond motifs is 1. The average molecular weight is 606 g/mol. The van der Waals surface area contributed by atoms with Crippen molar-refractivity contribution < 1.29 is 23.4 Å². The first-order chi connectivity index (χ1) is 18.4. The highest BCUT2D eigenvalue weighted by Gasteiger charge is 2.36. The minimum atomic E-state index is -0.620. The van der Waals surface area contributed by atoms with Gasteiger partial charge in [-0.15, -0.1) is 5.10 Å². The van der Waals surface area contributed by atoms with Crippen LogP contribution >= 0.6 is 27.7 Å². The van der Waals surface area contributed by atoms with Crippen molar-refractivity contribution in [3.63, 3.8) is 0 Å². The number of esters is 1. The molecule has 1 aliphatic rings. The molecule has 3 aromatic rings. The highest BCUT2D eigenvalue weighted by Crippen LogP contribution is 2.43. The minimum absolute atomic E-state index is 0.0242. The molecule has 0 amide bonds. The maximum absolute atomic E-state index is 14.2. The van der Waals surface area contributed by atoms with Crippen molar-refractivity contribution in [1.29, 1.82) is 0 Å². The first-order valence-electron chi connectivity index (χ1n) is 12.4. The third-order valence-corrected chi connectivity index (χ3v) is 7.37. The highest BCUT2D eigenvalue weighted by atomic mass is 79.9. The molecule has 1 atom stereocenters. The van der Waals surface area contributed by atoms with E-state index in [9.17, 15) is 9.18 Å². The molecule has 0 fully saturated rings. The molecule has 1 aliphatic heterocycles. The Balaban J connectivity index is 1.78. The quantitative estimate of drug-likeness (QED) is 0.196. The van der Waals surface area contributed by atoms with Crippen LogP contribution in [-0.4, -0.2) is 39.7 Å². The Bertz CT molecular complexity index is 1350. The molecular weight excluding hydrogens is 575 g/mol. The summed E-state index contributed by atoms with van der Waals surface area (Å²) in [6.45, 7) is 8.19. The van der Waals surface area contributed by atoms with Gasteiger partial charge >= 0.3 is 5.97 Å². The fourth-order valence-corrected chi connectivity index (χ4v) is 5.34. The normalized spacial score (nSPS) is 14.6. The molecule has 1 aromatic heterocycles. The van der Waals surface area contributed by atoms with Crippen LogP contribution in [0, 0.1) is 5.82 Å². The zero-order valence-corrected chi connectivity index (χ0v) is 24.1. The van der Waals surface area contributed by atoms with Crippen LogP contribution in [0.2, 0.25) is 0 Å². The van der Waals surface area contributed by atoms with Gasteiger partial charge in [-0.05, 0) is 66.9 Å². The van der Waals surface area contributed by atoms with Gasteiger partial charge in [-0.1, -0.05) is 36.9 Å². The van der Waals surface area contributed by atoms with Gasteiger partial charge in [0.1, 0.15) is 18.5 Å². The van der Waals surface area contributed by atoms with Crippen molar-refractivity contribution in [2.75, 3.05) is 24.3 Å². The van der Waals surface area contributed by atoms with Gasteiger partial charge in [0.15, 0.2) is 11.5 Å². The number of ether oxygens (including phenoxy) is 3. The van der Waals surface area contributed by atoms with Crippen LogP contribution in [0.3, 0.4) is 0 Å². The van der Waals surface area contributed by atoms with Gasteiger partial charge in [0.25, 0.3) is 0 Å². The number of allylic oxidation sites excluding steroid dienone is 1. The molecule has 2 heterocycles. The molecule has 38 heavy (non-hydrogen) atoms. The number of rotatable bonds is 11. The number of carbonyl (C=O) groups is 1. The minimum Gasteiger partial charge on any atom is -0.490 e. The lowest BCUT2D eigenvalue weighted by molar-refractivity contribution is -0.139. The predicted octanol–water partition coefficient (Wildman–Crippen LogP) is 6.51. The van der Waals surface area contributed by atoms with E-state index in [1.807, 2.05) is 26.0 Å². The molecule has 1 unspecified atom stereocenters. The zero-order valence-electron chi connectivity index (χ0n) is 21.7. The van der Waals surface area contributed by atoms with Crippen molar-refractivity contribution in [3.8, 4) is 11.5 Å². The Morgan fingerprint density at radius 1 is 1.18 bits per heavy atom. The van der Waals surface area contributed by atoms with Crippen LogP contribution in [0.1, 0.15) is 51.3 Å². The van der Waals surface area contributed by atoms with Gasteiger partial charge < -0.3 is 19.5 Å². The Morgan fingerprint density at radius 2 is 1.97 bits per heavy atom. The molecule has 0 saturated heterocycles. The third kappa shape index (κ3) is 5.99. The number of aromatic nitrogens is 3. The second kappa shape index (κ2) is 12.7. The molecule has 0 aliphatic carbocycles. The molecule has 4 rings (SSSR count).